The number of aryl methyl sites for hydroxylation is 1. The lowest BCUT2D eigenvalue weighted by Gasteiger charge is -2.37. The number of rotatable bonds is 12. The number of phenols is 1. The van der Waals surface area contributed by atoms with Crippen LogP contribution in [-0.2, 0) is 6.42 Å². The van der Waals surface area contributed by atoms with Crippen molar-refractivity contribution in [3.8, 4) is 11.5 Å². The van der Waals surface area contributed by atoms with Gasteiger partial charge in [-0.05, 0) is 68.9 Å². The highest BCUT2D eigenvalue weighted by Crippen LogP contribution is 2.43. The minimum atomic E-state index is -0.119. The number of anilines is 1. The molecule has 0 amide bonds. The third-order valence-corrected chi connectivity index (χ3v) is 7.17. The Morgan fingerprint density at radius 2 is 1.57 bits per heavy atom. The zero-order valence-corrected chi connectivity index (χ0v) is 20.5. The van der Waals surface area contributed by atoms with E-state index >= 15 is 0 Å². The first-order chi connectivity index (χ1) is 14.1. The first-order valence-corrected chi connectivity index (χ1v) is 12.4. The molecule has 0 aromatic heterocycles. The Morgan fingerprint density at radius 3 is 2.17 bits per heavy atom. The summed E-state index contributed by atoms with van der Waals surface area (Å²) >= 11 is 0. The Kier molecular flexibility index (Phi) is 9.37. The van der Waals surface area contributed by atoms with E-state index in [1.807, 2.05) is 6.92 Å². The van der Waals surface area contributed by atoms with E-state index in [9.17, 15) is 5.11 Å². The van der Waals surface area contributed by atoms with Crippen LogP contribution in [0.4, 0.5) is 5.69 Å². The Labute approximate surface area is 185 Å². The van der Waals surface area contributed by atoms with Gasteiger partial charge in [0, 0.05) is 5.56 Å². The molecule has 0 spiro atoms. The quantitative estimate of drug-likeness (QED) is 0.269. The highest BCUT2D eigenvalue weighted by Gasteiger charge is 2.33. The van der Waals surface area contributed by atoms with Gasteiger partial charge >= 0.3 is 0 Å². The molecule has 1 aliphatic rings. The van der Waals surface area contributed by atoms with Crippen LogP contribution in [0.3, 0.4) is 0 Å². The first-order valence-electron chi connectivity index (χ1n) is 12.4. The van der Waals surface area contributed by atoms with E-state index in [4.69, 9.17) is 10.5 Å². The van der Waals surface area contributed by atoms with Gasteiger partial charge in [0.2, 0.25) is 0 Å². The summed E-state index contributed by atoms with van der Waals surface area (Å²) in [5, 5.41) is 9.98. The average Bonchev–Trinajstić information content (AvgIpc) is 2.67. The van der Waals surface area contributed by atoms with Crippen molar-refractivity contribution in [3.63, 3.8) is 0 Å². The summed E-state index contributed by atoms with van der Waals surface area (Å²) in [7, 11) is 0. The standard InChI is InChI=1S/C27H47NO2/c1-19(2)10-7-11-20(3)12-8-13-21(4)14-9-16-27(6)17-15-23-18-24(29)25(28)22(5)26(23)30-27/h18-21,29H,7-17,28H2,1-6H3. The van der Waals surface area contributed by atoms with Crippen molar-refractivity contribution in [1.82, 2.24) is 0 Å². The van der Waals surface area contributed by atoms with E-state index in [2.05, 4.69) is 34.6 Å². The molecule has 1 aliphatic heterocycles. The minimum Gasteiger partial charge on any atom is -0.506 e. The number of phenolic OH excluding ortho intramolecular Hbond substituents is 1. The number of hydrogen-bond acceptors (Lipinski definition) is 3. The monoisotopic (exact) mass is 417 g/mol. The molecule has 3 unspecified atom stereocenters. The molecule has 3 nitrogen and oxygen atoms in total. The van der Waals surface area contributed by atoms with Crippen molar-refractivity contribution in [2.24, 2.45) is 17.8 Å². The molecule has 1 aromatic carbocycles. The van der Waals surface area contributed by atoms with Crippen LogP contribution in [0.15, 0.2) is 6.07 Å². The number of benzene rings is 1. The predicted molar refractivity (Wildman–Crippen MR) is 129 cm³/mol. The van der Waals surface area contributed by atoms with Crippen LogP contribution in [0.5, 0.6) is 11.5 Å². The summed E-state index contributed by atoms with van der Waals surface area (Å²) in [4.78, 5) is 0. The lowest BCUT2D eigenvalue weighted by atomic mass is 9.85. The Morgan fingerprint density at radius 1 is 1.00 bits per heavy atom. The Hall–Kier alpha value is -1.38. The molecule has 0 bridgehead atoms. The maximum atomic E-state index is 9.98. The van der Waals surface area contributed by atoms with E-state index in [-0.39, 0.29) is 11.4 Å². The second-order valence-corrected chi connectivity index (χ2v) is 10.8. The third kappa shape index (κ3) is 7.39. The maximum absolute atomic E-state index is 9.98. The minimum absolute atomic E-state index is 0.119. The number of nitrogens with two attached hydrogens (primary N) is 1. The van der Waals surface area contributed by atoms with Gasteiger partial charge in [-0.2, -0.15) is 0 Å². The average molecular weight is 418 g/mol. The van der Waals surface area contributed by atoms with E-state index in [1.54, 1.807) is 6.07 Å². The van der Waals surface area contributed by atoms with Crippen LogP contribution < -0.4 is 10.5 Å². The van der Waals surface area contributed by atoms with Gasteiger partial charge in [0.25, 0.3) is 0 Å². The largest absolute Gasteiger partial charge is 0.506 e. The molecule has 0 aliphatic carbocycles. The fourth-order valence-corrected chi connectivity index (χ4v) is 4.87. The second kappa shape index (κ2) is 11.3. The normalized spacial score (nSPS) is 20.6. The van der Waals surface area contributed by atoms with Gasteiger partial charge in [0.1, 0.15) is 17.1 Å². The SMILES string of the molecule is Cc1c(N)c(O)cc2c1OC(C)(CCCC(C)CCCC(C)CCCC(C)C)CC2. The van der Waals surface area contributed by atoms with Crippen molar-refractivity contribution >= 4 is 5.69 Å². The summed E-state index contributed by atoms with van der Waals surface area (Å²) in [5.41, 5.74) is 8.31. The van der Waals surface area contributed by atoms with Gasteiger partial charge in [-0.1, -0.05) is 72.6 Å². The molecule has 30 heavy (non-hydrogen) atoms. The van der Waals surface area contributed by atoms with E-state index in [0.717, 1.165) is 53.9 Å². The number of fused-ring (bicyclic) bond motifs is 1. The Balaban J connectivity index is 1.69. The van der Waals surface area contributed by atoms with Gasteiger partial charge in [0.05, 0.1) is 5.69 Å². The molecule has 3 atom stereocenters. The van der Waals surface area contributed by atoms with E-state index in [0.29, 0.717) is 5.69 Å². The zero-order valence-electron chi connectivity index (χ0n) is 20.5. The number of aromatic hydroxyl groups is 1. The number of hydrogen-bond donors (Lipinski definition) is 2. The van der Waals surface area contributed by atoms with Crippen molar-refractivity contribution in [1.29, 1.82) is 0 Å². The molecule has 1 heterocycles. The maximum Gasteiger partial charge on any atom is 0.139 e. The molecule has 2 rings (SSSR count). The van der Waals surface area contributed by atoms with Gasteiger partial charge in [-0.3, -0.25) is 0 Å². The molecule has 3 heteroatoms. The van der Waals surface area contributed by atoms with Crippen LogP contribution >= 0.6 is 0 Å². The fourth-order valence-electron chi connectivity index (χ4n) is 4.87. The fraction of sp³-hybridized carbons (Fsp3) is 0.778. The molecule has 0 radical (unpaired) electrons. The summed E-state index contributed by atoms with van der Waals surface area (Å²) in [6, 6.07) is 1.78. The van der Waals surface area contributed by atoms with E-state index in [1.165, 1.54) is 51.4 Å². The van der Waals surface area contributed by atoms with Gasteiger partial charge in [-0.15, -0.1) is 0 Å². The molecule has 1 aromatic rings. The second-order valence-electron chi connectivity index (χ2n) is 10.8. The van der Waals surface area contributed by atoms with Crippen LogP contribution in [-0.4, -0.2) is 10.7 Å². The highest BCUT2D eigenvalue weighted by molar-refractivity contribution is 5.65. The van der Waals surface area contributed by atoms with Crippen LogP contribution in [0.2, 0.25) is 0 Å². The molecular formula is C27H47NO2. The summed E-state index contributed by atoms with van der Waals surface area (Å²) < 4.78 is 6.44. The predicted octanol–water partition coefficient (Wildman–Crippen LogP) is 7.81. The lowest BCUT2D eigenvalue weighted by molar-refractivity contribution is 0.0516. The molecule has 172 valence electrons. The van der Waals surface area contributed by atoms with Gasteiger partial charge in [-0.25, -0.2) is 0 Å². The highest BCUT2D eigenvalue weighted by atomic mass is 16.5. The zero-order chi connectivity index (χ0) is 22.3. The van der Waals surface area contributed by atoms with Crippen molar-refractivity contribution in [2.45, 2.75) is 118 Å². The topological polar surface area (TPSA) is 55.5 Å². The molecule has 3 N–H and O–H groups in total. The summed E-state index contributed by atoms with van der Waals surface area (Å²) in [6.07, 6.45) is 13.8. The molecular weight excluding hydrogens is 370 g/mol. The third-order valence-electron chi connectivity index (χ3n) is 7.17. The van der Waals surface area contributed by atoms with E-state index < -0.39 is 0 Å². The van der Waals surface area contributed by atoms with Crippen molar-refractivity contribution in [2.75, 3.05) is 5.73 Å². The van der Waals surface area contributed by atoms with Crippen LogP contribution in [0.25, 0.3) is 0 Å². The summed E-state index contributed by atoms with van der Waals surface area (Å²) in [5.74, 6) is 3.59. The van der Waals surface area contributed by atoms with Crippen molar-refractivity contribution in [3.05, 3.63) is 17.2 Å². The number of ether oxygens (including phenoxy) is 1. The lowest BCUT2D eigenvalue weighted by Crippen LogP contribution is -2.36. The first kappa shape index (κ1) is 24.9. The van der Waals surface area contributed by atoms with Crippen molar-refractivity contribution < 1.29 is 9.84 Å². The van der Waals surface area contributed by atoms with Gasteiger partial charge < -0.3 is 15.6 Å². The summed E-state index contributed by atoms with van der Waals surface area (Å²) in [6.45, 7) is 13.7. The number of nitrogen functional groups attached to an aromatic ring is 1. The molecule has 0 fully saturated rings. The molecule has 0 saturated heterocycles. The smallest absolute Gasteiger partial charge is 0.139 e. The van der Waals surface area contributed by atoms with Crippen LogP contribution in [0, 0.1) is 24.7 Å². The van der Waals surface area contributed by atoms with Gasteiger partial charge in [0.15, 0.2) is 0 Å². The Bertz CT molecular complexity index is 669. The molecule has 0 saturated carbocycles. The van der Waals surface area contributed by atoms with Crippen LogP contribution in [0.1, 0.15) is 110 Å².